The second-order valence-corrected chi connectivity index (χ2v) is 4.88. The Morgan fingerprint density at radius 3 is 1.86 bits per heavy atom. The molecule has 0 fully saturated rings. The normalized spacial score (nSPS) is 10.2. The summed E-state index contributed by atoms with van der Waals surface area (Å²) in [5, 5.41) is 7.43. The van der Waals surface area contributed by atoms with E-state index in [1.807, 2.05) is 54.6 Å². The van der Waals surface area contributed by atoms with Crippen LogP contribution in [0.25, 0.3) is 21.9 Å². The summed E-state index contributed by atoms with van der Waals surface area (Å²) in [6, 6.07) is 19.6. The van der Waals surface area contributed by atoms with Crippen LogP contribution in [0.15, 0.2) is 60.7 Å². The van der Waals surface area contributed by atoms with Gasteiger partial charge >= 0.3 is 0 Å². The third kappa shape index (κ3) is 2.81. The zero-order valence-electron chi connectivity index (χ0n) is 11.7. The van der Waals surface area contributed by atoms with Crippen molar-refractivity contribution in [3.63, 3.8) is 0 Å². The van der Waals surface area contributed by atoms with Gasteiger partial charge in [-0.2, -0.15) is 0 Å². The molecule has 3 aromatic carbocycles. The summed E-state index contributed by atoms with van der Waals surface area (Å²) in [5.74, 6) is 0. The lowest BCUT2D eigenvalue weighted by Crippen LogP contribution is -1.93. The number of benzene rings is 3. The topological polar surface area (TPSA) is 58.2 Å². The van der Waals surface area contributed by atoms with Crippen LogP contribution in [0.2, 0.25) is 0 Å². The van der Waals surface area contributed by atoms with Crippen molar-refractivity contribution < 1.29 is 9.59 Å². The lowest BCUT2D eigenvalue weighted by molar-refractivity contribution is -0.106. The Labute approximate surface area is 127 Å². The van der Waals surface area contributed by atoms with Gasteiger partial charge in [-0.15, -0.1) is 0 Å². The minimum absolute atomic E-state index is 0.663. The Bertz CT molecular complexity index is 826. The molecule has 2 N–H and O–H groups in total. The second kappa shape index (κ2) is 6.10. The van der Waals surface area contributed by atoms with Gasteiger partial charge < -0.3 is 10.6 Å². The van der Waals surface area contributed by atoms with Crippen LogP contribution in [0, 0.1) is 0 Å². The molecule has 3 rings (SSSR count). The maximum atomic E-state index is 10.5. The van der Waals surface area contributed by atoms with Gasteiger partial charge in [0.05, 0.1) is 0 Å². The van der Waals surface area contributed by atoms with Crippen LogP contribution >= 0.6 is 0 Å². The van der Waals surface area contributed by atoms with Gasteiger partial charge in [-0.1, -0.05) is 30.3 Å². The summed E-state index contributed by atoms with van der Waals surface area (Å²) in [7, 11) is 0. The number of amides is 2. The summed E-state index contributed by atoms with van der Waals surface area (Å²) in [5.41, 5.74) is 3.72. The van der Waals surface area contributed by atoms with Crippen molar-refractivity contribution in [2.75, 3.05) is 10.6 Å². The van der Waals surface area contributed by atoms with Crippen molar-refractivity contribution in [2.45, 2.75) is 0 Å². The van der Waals surface area contributed by atoms with Crippen LogP contribution in [0.4, 0.5) is 11.4 Å². The minimum Gasteiger partial charge on any atom is -0.329 e. The van der Waals surface area contributed by atoms with Gasteiger partial charge in [0.1, 0.15) is 0 Å². The molecule has 22 heavy (non-hydrogen) atoms. The first-order valence-corrected chi connectivity index (χ1v) is 6.85. The van der Waals surface area contributed by atoms with E-state index in [1.54, 1.807) is 0 Å². The molecule has 3 aromatic rings. The quantitative estimate of drug-likeness (QED) is 0.705. The smallest absolute Gasteiger partial charge is 0.211 e. The molecule has 0 aliphatic carbocycles. The fourth-order valence-corrected chi connectivity index (χ4v) is 2.41. The number of fused-ring (bicyclic) bond motifs is 1. The van der Waals surface area contributed by atoms with Gasteiger partial charge in [-0.05, 0) is 52.2 Å². The zero-order valence-corrected chi connectivity index (χ0v) is 11.7. The van der Waals surface area contributed by atoms with Crippen molar-refractivity contribution in [3.8, 4) is 11.1 Å². The van der Waals surface area contributed by atoms with Crippen molar-refractivity contribution >= 4 is 35.0 Å². The largest absolute Gasteiger partial charge is 0.329 e. The molecule has 0 aliphatic rings. The average Bonchev–Trinajstić information content (AvgIpc) is 2.56. The molecule has 0 heterocycles. The van der Waals surface area contributed by atoms with Gasteiger partial charge in [-0.3, -0.25) is 9.59 Å². The van der Waals surface area contributed by atoms with Crippen molar-refractivity contribution in [3.05, 3.63) is 60.7 Å². The molecule has 0 aliphatic heterocycles. The van der Waals surface area contributed by atoms with Gasteiger partial charge in [0.2, 0.25) is 12.8 Å². The van der Waals surface area contributed by atoms with E-state index in [9.17, 15) is 9.59 Å². The molecule has 0 atom stereocenters. The number of nitrogens with one attached hydrogen (secondary N) is 2. The minimum atomic E-state index is 0.663. The van der Waals surface area contributed by atoms with Gasteiger partial charge in [0, 0.05) is 11.4 Å². The molecule has 0 saturated heterocycles. The molecule has 0 aromatic heterocycles. The first kappa shape index (κ1) is 13.8. The van der Waals surface area contributed by atoms with Crippen molar-refractivity contribution in [1.29, 1.82) is 0 Å². The predicted octanol–water partition coefficient (Wildman–Crippen LogP) is 3.64. The summed E-state index contributed by atoms with van der Waals surface area (Å²) in [6.07, 6.45) is 1.33. The van der Waals surface area contributed by atoms with E-state index in [1.165, 1.54) is 0 Å². The number of carbonyl (C=O) groups excluding carboxylic acids is 2. The highest BCUT2D eigenvalue weighted by atomic mass is 16.1. The highest BCUT2D eigenvalue weighted by Gasteiger charge is 2.01. The van der Waals surface area contributed by atoms with E-state index in [0.717, 1.165) is 33.3 Å². The van der Waals surface area contributed by atoms with Crippen LogP contribution in [0.1, 0.15) is 0 Å². The Morgan fingerprint density at radius 2 is 1.14 bits per heavy atom. The number of hydrogen-bond acceptors (Lipinski definition) is 2. The third-order valence-electron chi connectivity index (χ3n) is 3.51. The monoisotopic (exact) mass is 290 g/mol. The number of anilines is 2. The van der Waals surface area contributed by atoms with Crippen molar-refractivity contribution in [2.24, 2.45) is 0 Å². The van der Waals surface area contributed by atoms with Gasteiger partial charge in [0.15, 0.2) is 0 Å². The van der Waals surface area contributed by atoms with E-state index in [-0.39, 0.29) is 0 Å². The van der Waals surface area contributed by atoms with E-state index in [0.29, 0.717) is 12.8 Å². The molecule has 0 unspecified atom stereocenters. The first-order valence-electron chi connectivity index (χ1n) is 6.85. The second-order valence-electron chi connectivity index (χ2n) is 4.88. The SMILES string of the molecule is O=CNc1ccc(-c2ccc3cc(NC=O)ccc3c2)cc1. The maximum absolute atomic E-state index is 10.5. The lowest BCUT2D eigenvalue weighted by Gasteiger charge is -2.07. The third-order valence-corrected chi connectivity index (χ3v) is 3.51. The Balaban J connectivity index is 1.95. The summed E-state index contributed by atoms with van der Waals surface area (Å²) < 4.78 is 0. The average molecular weight is 290 g/mol. The summed E-state index contributed by atoms with van der Waals surface area (Å²) in [4.78, 5) is 20.9. The van der Waals surface area contributed by atoms with E-state index < -0.39 is 0 Å². The number of hydrogen-bond donors (Lipinski definition) is 2. The molecule has 0 bridgehead atoms. The van der Waals surface area contributed by atoms with E-state index in [2.05, 4.69) is 16.7 Å². The van der Waals surface area contributed by atoms with Crippen LogP contribution in [-0.4, -0.2) is 12.8 Å². The number of carbonyl (C=O) groups is 2. The highest BCUT2D eigenvalue weighted by Crippen LogP contribution is 2.27. The highest BCUT2D eigenvalue weighted by molar-refractivity contribution is 5.91. The first-order chi connectivity index (χ1) is 10.8. The molecule has 2 amide bonds. The summed E-state index contributed by atoms with van der Waals surface area (Å²) in [6.45, 7) is 0. The van der Waals surface area contributed by atoms with Gasteiger partial charge in [0.25, 0.3) is 0 Å². The fourth-order valence-electron chi connectivity index (χ4n) is 2.41. The van der Waals surface area contributed by atoms with Gasteiger partial charge in [-0.25, -0.2) is 0 Å². The van der Waals surface area contributed by atoms with E-state index in [4.69, 9.17) is 0 Å². The zero-order chi connectivity index (χ0) is 15.4. The maximum Gasteiger partial charge on any atom is 0.211 e. The van der Waals surface area contributed by atoms with E-state index >= 15 is 0 Å². The lowest BCUT2D eigenvalue weighted by atomic mass is 10.0. The van der Waals surface area contributed by atoms with Crippen molar-refractivity contribution in [1.82, 2.24) is 0 Å². The Hall–Kier alpha value is -3.14. The van der Waals surface area contributed by atoms with Crippen LogP contribution in [0.3, 0.4) is 0 Å². The molecular weight excluding hydrogens is 276 g/mol. The van der Waals surface area contributed by atoms with Crippen LogP contribution < -0.4 is 10.6 Å². The summed E-state index contributed by atoms with van der Waals surface area (Å²) >= 11 is 0. The molecule has 4 heteroatoms. The Morgan fingerprint density at radius 1 is 0.591 bits per heavy atom. The molecule has 0 radical (unpaired) electrons. The van der Waals surface area contributed by atoms with Crippen LogP contribution in [0.5, 0.6) is 0 Å². The standard InChI is InChI=1S/C18H14N2O2/c21-11-19-17-6-3-13(4-7-17)14-1-2-16-10-18(20-12-22)8-5-15(16)9-14/h1-12H,(H,19,21)(H,20,22). The molecule has 108 valence electrons. The van der Waals surface area contributed by atoms with Crippen LogP contribution in [-0.2, 0) is 9.59 Å². The molecule has 0 spiro atoms. The molecular formula is C18H14N2O2. The number of rotatable bonds is 5. The predicted molar refractivity (Wildman–Crippen MR) is 88.8 cm³/mol. The fraction of sp³-hybridized carbons (Fsp3) is 0. The molecule has 0 saturated carbocycles. The molecule has 4 nitrogen and oxygen atoms in total. The Kier molecular flexibility index (Phi) is 3.83.